The molecule has 0 aliphatic carbocycles. The van der Waals surface area contributed by atoms with E-state index in [1.807, 2.05) is 0 Å². The second-order valence-corrected chi connectivity index (χ2v) is 5.77. The molecule has 1 aromatic rings. The Morgan fingerprint density at radius 2 is 2.12 bits per heavy atom. The van der Waals surface area contributed by atoms with Crippen LogP contribution in [0, 0.1) is 0 Å². The third-order valence-corrected chi connectivity index (χ3v) is 3.47. The molecule has 0 atom stereocenters. The summed E-state index contributed by atoms with van der Waals surface area (Å²) >= 11 is 0. The number of fused-ring (bicyclic) bond motifs is 1. The molecule has 1 N–H and O–H groups in total. The van der Waals surface area contributed by atoms with Gasteiger partial charge in [0.15, 0.2) is 0 Å². The second-order valence-electron chi connectivity index (χ2n) is 3.20. The lowest BCUT2D eigenvalue weighted by Crippen LogP contribution is -2.24. The third kappa shape index (κ3) is 2.12. The number of ether oxygens (including phenoxy) is 1. The van der Waals surface area contributed by atoms with Gasteiger partial charge in [-0.15, -0.1) is 0 Å². The highest BCUT2D eigenvalue weighted by Crippen LogP contribution is 2.25. The monoisotopic (exact) mass is 261 g/mol. The lowest BCUT2D eigenvalue weighted by molar-refractivity contribution is 0.0957. The van der Waals surface area contributed by atoms with Crippen LogP contribution in [-0.4, -0.2) is 27.5 Å². The van der Waals surface area contributed by atoms with E-state index in [1.165, 1.54) is 18.2 Å². The van der Waals surface area contributed by atoms with E-state index in [2.05, 4.69) is 5.32 Å². The first-order chi connectivity index (χ1) is 7.48. The maximum absolute atomic E-state index is 11.6. The Balaban J connectivity index is 2.56. The van der Waals surface area contributed by atoms with Crippen LogP contribution in [-0.2, 0) is 9.05 Å². The molecule has 86 valence electrons. The highest BCUT2D eigenvalue weighted by molar-refractivity contribution is 8.13. The van der Waals surface area contributed by atoms with Gasteiger partial charge < -0.3 is 10.1 Å². The Hall–Kier alpha value is -1.27. The topological polar surface area (TPSA) is 72.5 Å². The molecule has 0 aromatic heterocycles. The molecule has 0 fully saturated rings. The van der Waals surface area contributed by atoms with Gasteiger partial charge in [-0.25, -0.2) is 8.42 Å². The van der Waals surface area contributed by atoms with E-state index in [4.69, 9.17) is 15.4 Å². The number of halogens is 1. The summed E-state index contributed by atoms with van der Waals surface area (Å²) in [4.78, 5) is 11.4. The minimum atomic E-state index is -3.83. The average Bonchev–Trinajstić information content (AvgIpc) is 2.39. The van der Waals surface area contributed by atoms with Crippen molar-refractivity contribution in [1.29, 1.82) is 0 Å². The predicted molar refractivity (Wildman–Crippen MR) is 57.3 cm³/mol. The van der Waals surface area contributed by atoms with Crippen molar-refractivity contribution in [2.24, 2.45) is 0 Å². The highest BCUT2D eigenvalue weighted by atomic mass is 35.7. The van der Waals surface area contributed by atoms with Gasteiger partial charge in [-0.2, -0.15) is 0 Å². The van der Waals surface area contributed by atoms with Crippen molar-refractivity contribution in [2.75, 3.05) is 13.2 Å². The van der Waals surface area contributed by atoms with Crippen LogP contribution in [0.4, 0.5) is 0 Å². The molecule has 5 nitrogen and oxygen atoms in total. The first-order valence-corrected chi connectivity index (χ1v) is 6.79. The van der Waals surface area contributed by atoms with Crippen LogP contribution in [0.2, 0.25) is 0 Å². The molecule has 0 spiro atoms. The summed E-state index contributed by atoms with van der Waals surface area (Å²) in [6.45, 7) is 0.738. The molecular formula is C9H8ClNO4S. The van der Waals surface area contributed by atoms with Crippen molar-refractivity contribution in [3.05, 3.63) is 23.8 Å². The quantitative estimate of drug-likeness (QED) is 0.757. The SMILES string of the molecule is O=C1NCCOc2ccc(S(=O)(=O)Cl)cc21. The zero-order valence-electron chi connectivity index (χ0n) is 8.07. The molecular weight excluding hydrogens is 254 g/mol. The van der Waals surface area contributed by atoms with Crippen molar-refractivity contribution in [3.63, 3.8) is 0 Å². The Morgan fingerprint density at radius 3 is 2.81 bits per heavy atom. The first kappa shape index (κ1) is 11.2. The van der Waals surface area contributed by atoms with E-state index in [-0.39, 0.29) is 16.4 Å². The highest BCUT2D eigenvalue weighted by Gasteiger charge is 2.20. The van der Waals surface area contributed by atoms with Crippen LogP contribution in [0.1, 0.15) is 10.4 Å². The van der Waals surface area contributed by atoms with Gasteiger partial charge in [0.05, 0.1) is 17.0 Å². The van der Waals surface area contributed by atoms with E-state index >= 15 is 0 Å². The molecule has 1 heterocycles. The van der Waals surface area contributed by atoms with Gasteiger partial charge in [-0.3, -0.25) is 4.79 Å². The largest absolute Gasteiger partial charge is 0.491 e. The molecule has 7 heteroatoms. The standard InChI is InChI=1S/C9H8ClNO4S/c10-16(13,14)6-1-2-8-7(5-6)9(12)11-3-4-15-8/h1-2,5H,3-4H2,(H,11,12). The molecule has 0 unspecified atom stereocenters. The summed E-state index contributed by atoms with van der Waals surface area (Å²) in [6.07, 6.45) is 0. The lowest BCUT2D eigenvalue weighted by atomic mass is 10.2. The van der Waals surface area contributed by atoms with Gasteiger partial charge in [-0.1, -0.05) is 0 Å². The van der Waals surface area contributed by atoms with E-state index in [0.717, 1.165) is 0 Å². The zero-order chi connectivity index (χ0) is 11.8. The molecule has 1 aliphatic heterocycles. The fourth-order valence-electron chi connectivity index (χ4n) is 1.38. The van der Waals surface area contributed by atoms with Crippen molar-refractivity contribution in [2.45, 2.75) is 4.90 Å². The van der Waals surface area contributed by atoms with Gasteiger partial charge in [-0.05, 0) is 18.2 Å². The van der Waals surface area contributed by atoms with Crippen molar-refractivity contribution in [3.8, 4) is 5.75 Å². The zero-order valence-corrected chi connectivity index (χ0v) is 9.64. The molecule has 2 rings (SSSR count). The van der Waals surface area contributed by atoms with E-state index in [0.29, 0.717) is 18.9 Å². The van der Waals surface area contributed by atoms with Gasteiger partial charge in [0, 0.05) is 10.7 Å². The molecule has 1 aliphatic rings. The maximum atomic E-state index is 11.6. The number of hydrogen-bond donors (Lipinski definition) is 1. The normalized spacial score (nSPS) is 15.7. The van der Waals surface area contributed by atoms with Gasteiger partial charge in [0.25, 0.3) is 15.0 Å². The van der Waals surface area contributed by atoms with E-state index < -0.39 is 9.05 Å². The summed E-state index contributed by atoms with van der Waals surface area (Å²) in [7, 11) is 1.35. The second kappa shape index (κ2) is 3.95. The number of amides is 1. The molecule has 16 heavy (non-hydrogen) atoms. The van der Waals surface area contributed by atoms with Crippen LogP contribution in [0.15, 0.2) is 23.1 Å². The Labute approximate surface area is 96.8 Å². The molecule has 1 amide bonds. The summed E-state index contributed by atoms with van der Waals surface area (Å²) in [5.41, 5.74) is 0.180. The third-order valence-electron chi connectivity index (χ3n) is 2.12. The number of carbonyl (C=O) groups is 1. The van der Waals surface area contributed by atoms with Crippen molar-refractivity contribution in [1.82, 2.24) is 5.32 Å². The van der Waals surface area contributed by atoms with Crippen LogP contribution in [0.5, 0.6) is 5.75 Å². The Bertz CT molecular complexity index is 540. The smallest absolute Gasteiger partial charge is 0.261 e. The molecule has 1 aromatic carbocycles. The minimum absolute atomic E-state index is 0.117. The van der Waals surface area contributed by atoms with Crippen LogP contribution >= 0.6 is 10.7 Å². The minimum Gasteiger partial charge on any atom is -0.491 e. The van der Waals surface area contributed by atoms with Gasteiger partial charge in [0.2, 0.25) is 0 Å². The van der Waals surface area contributed by atoms with E-state index in [9.17, 15) is 13.2 Å². The summed E-state index contributed by atoms with van der Waals surface area (Å²) in [5.74, 6) is -0.00580. The molecule has 0 saturated carbocycles. The molecule has 0 radical (unpaired) electrons. The summed E-state index contributed by atoms with van der Waals surface area (Å²) < 4.78 is 27.5. The van der Waals surface area contributed by atoms with Crippen molar-refractivity contribution >= 4 is 25.6 Å². The molecule has 0 saturated heterocycles. The fraction of sp³-hybridized carbons (Fsp3) is 0.222. The van der Waals surface area contributed by atoms with Gasteiger partial charge in [0.1, 0.15) is 12.4 Å². The predicted octanol–water partition coefficient (Wildman–Crippen LogP) is 0.736. The molecule has 0 bridgehead atoms. The fourth-order valence-corrected chi connectivity index (χ4v) is 2.16. The Kier molecular flexibility index (Phi) is 2.77. The summed E-state index contributed by atoms with van der Waals surface area (Å²) in [5, 5.41) is 2.58. The Morgan fingerprint density at radius 1 is 1.38 bits per heavy atom. The lowest BCUT2D eigenvalue weighted by Gasteiger charge is -2.05. The number of rotatable bonds is 1. The number of hydrogen-bond acceptors (Lipinski definition) is 4. The maximum Gasteiger partial charge on any atom is 0.261 e. The van der Waals surface area contributed by atoms with Crippen LogP contribution in [0.25, 0.3) is 0 Å². The first-order valence-electron chi connectivity index (χ1n) is 4.48. The van der Waals surface area contributed by atoms with Gasteiger partial charge >= 0.3 is 0 Å². The number of nitrogens with one attached hydrogen (secondary N) is 1. The van der Waals surface area contributed by atoms with E-state index in [1.54, 1.807) is 0 Å². The summed E-state index contributed by atoms with van der Waals surface area (Å²) in [6, 6.07) is 3.94. The van der Waals surface area contributed by atoms with Crippen molar-refractivity contribution < 1.29 is 17.9 Å². The van der Waals surface area contributed by atoms with Crippen LogP contribution in [0.3, 0.4) is 0 Å². The number of carbonyl (C=O) groups excluding carboxylic acids is 1. The average molecular weight is 262 g/mol. The van der Waals surface area contributed by atoms with Crippen LogP contribution < -0.4 is 10.1 Å². The number of benzene rings is 1.